The molecule has 0 aliphatic carbocycles. The smallest absolute Gasteiger partial charge is 0.337 e. The number of esters is 1. The number of hydrogen-bond acceptors (Lipinski definition) is 5. The van der Waals surface area contributed by atoms with Crippen LogP contribution in [0.25, 0.3) is 0 Å². The van der Waals surface area contributed by atoms with Crippen LogP contribution in [0.4, 0.5) is 5.69 Å². The highest BCUT2D eigenvalue weighted by Gasteiger charge is 2.08. The number of hydrogen-bond donors (Lipinski definition) is 2. The number of halogens is 1. The predicted molar refractivity (Wildman–Crippen MR) is 89.5 cm³/mol. The zero-order chi connectivity index (χ0) is 16.7. The molecule has 0 radical (unpaired) electrons. The van der Waals surface area contributed by atoms with E-state index >= 15 is 0 Å². The largest absolute Gasteiger partial charge is 0.465 e. The van der Waals surface area contributed by atoms with Crippen LogP contribution in [0.3, 0.4) is 0 Å². The maximum Gasteiger partial charge on any atom is 0.337 e. The molecule has 0 heterocycles. The molecule has 0 fully saturated rings. The van der Waals surface area contributed by atoms with Gasteiger partial charge in [0.1, 0.15) is 5.75 Å². The lowest BCUT2D eigenvalue weighted by Crippen LogP contribution is -2.20. The Morgan fingerprint density at radius 2 is 1.91 bits per heavy atom. The first-order chi connectivity index (χ1) is 11.1. The molecule has 0 spiro atoms. The lowest BCUT2D eigenvalue weighted by atomic mass is 10.2. The molecule has 0 amide bonds. The molecule has 0 saturated carbocycles. The summed E-state index contributed by atoms with van der Waals surface area (Å²) in [4.78, 5) is 11.4. The fourth-order valence-electron chi connectivity index (χ4n) is 1.89. The number of aliphatic hydroxyl groups is 1. The van der Waals surface area contributed by atoms with Crippen LogP contribution in [0, 0.1) is 0 Å². The minimum atomic E-state index is -0.635. The fourth-order valence-corrected chi connectivity index (χ4v) is 2.00. The molecule has 1 unspecified atom stereocenters. The minimum Gasteiger partial charge on any atom is -0.465 e. The van der Waals surface area contributed by atoms with Gasteiger partial charge in [-0.15, -0.1) is 11.6 Å². The van der Waals surface area contributed by atoms with Gasteiger partial charge in [0.05, 0.1) is 30.3 Å². The highest BCUT2D eigenvalue weighted by Crippen LogP contribution is 2.29. The van der Waals surface area contributed by atoms with Crippen molar-refractivity contribution in [2.45, 2.75) is 6.10 Å². The molecule has 6 heteroatoms. The Morgan fingerprint density at radius 1 is 1.22 bits per heavy atom. The van der Waals surface area contributed by atoms with Gasteiger partial charge in [0.2, 0.25) is 0 Å². The summed E-state index contributed by atoms with van der Waals surface area (Å²) in [5, 5.41) is 12.6. The normalized spacial score (nSPS) is 11.6. The van der Waals surface area contributed by atoms with E-state index in [9.17, 15) is 9.90 Å². The summed E-state index contributed by atoms with van der Waals surface area (Å²) in [6.45, 7) is 0.325. The van der Waals surface area contributed by atoms with Crippen molar-refractivity contribution >= 4 is 23.3 Å². The quantitative estimate of drug-likeness (QED) is 0.600. The molecule has 0 bridgehead atoms. The summed E-state index contributed by atoms with van der Waals surface area (Å²) >= 11 is 5.58. The van der Waals surface area contributed by atoms with Gasteiger partial charge >= 0.3 is 5.97 Å². The van der Waals surface area contributed by atoms with E-state index in [1.807, 2.05) is 24.3 Å². The van der Waals surface area contributed by atoms with E-state index in [4.69, 9.17) is 16.3 Å². The van der Waals surface area contributed by atoms with E-state index in [0.29, 0.717) is 23.6 Å². The van der Waals surface area contributed by atoms with Gasteiger partial charge in [0, 0.05) is 6.54 Å². The maximum atomic E-state index is 11.4. The number of alkyl halides is 1. The van der Waals surface area contributed by atoms with Crippen molar-refractivity contribution in [3.63, 3.8) is 0 Å². The van der Waals surface area contributed by atoms with Gasteiger partial charge in [-0.2, -0.15) is 0 Å². The molecule has 23 heavy (non-hydrogen) atoms. The van der Waals surface area contributed by atoms with Gasteiger partial charge < -0.3 is 19.9 Å². The van der Waals surface area contributed by atoms with Crippen molar-refractivity contribution in [2.24, 2.45) is 0 Å². The van der Waals surface area contributed by atoms with Gasteiger partial charge in [-0.3, -0.25) is 0 Å². The highest BCUT2D eigenvalue weighted by molar-refractivity contribution is 6.18. The zero-order valence-corrected chi connectivity index (χ0v) is 13.4. The monoisotopic (exact) mass is 335 g/mol. The summed E-state index contributed by atoms with van der Waals surface area (Å²) < 4.78 is 10.5. The van der Waals surface area contributed by atoms with Gasteiger partial charge in [0.25, 0.3) is 0 Å². The first-order valence-electron chi connectivity index (χ1n) is 7.07. The molecule has 0 aliphatic heterocycles. The van der Waals surface area contributed by atoms with Gasteiger partial charge in [-0.05, 0) is 36.4 Å². The number of aliphatic hydroxyl groups excluding tert-OH is 1. The second-order valence-electron chi connectivity index (χ2n) is 4.80. The molecule has 2 rings (SSSR count). The third-order valence-electron chi connectivity index (χ3n) is 3.10. The highest BCUT2D eigenvalue weighted by atomic mass is 35.5. The van der Waals surface area contributed by atoms with E-state index in [0.717, 1.165) is 5.69 Å². The van der Waals surface area contributed by atoms with E-state index in [-0.39, 0.29) is 5.88 Å². The fraction of sp³-hybridized carbons (Fsp3) is 0.235. The Morgan fingerprint density at radius 3 is 2.57 bits per heavy atom. The third kappa shape index (κ3) is 4.87. The number of para-hydroxylation sites is 2. The van der Waals surface area contributed by atoms with Gasteiger partial charge in [-0.25, -0.2) is 4.79 Å². The molecule has 0 aliphatic rings. The topological polar surface area (TPSA) is 67.8 Å². The van der Waals surface area contributed by atoms with Crippen molar-refractivity contribution in [1.29, 1.82) is 0 Å². The molecule has 5 nitrogen and oxygen atoms in total. The van der Waals surface area contributed by atoms with Crippen LogP contribution in [0.1, 0.15) is 10.4 Å². The first kappa shape index (κ1) is 17.1. The van der Waals surface area contributed by atoms with Crippen molar-refractivity contribution in [1.82, 2.24) is 0 Å². The van der Waals surface area contributed by atoms with Crippen LogP contribution in [0.15, 0.2) is 48.5 Å². The minimum absolute atomic E-state index is 0.158. The Hall–Kier alpha value is -2.24. The number of carbonyl (C=O) groups excluding carboxylic acids is 1. The van der Waals surface area contributed by atoms with Gasteiger partial charge in [-0.1, -0.05) is 12.1 Å². The summed E-state index contributed by atoms with van der Waals surface area (Å²) in [7, 11) is 1.34. The van der Waals surface area contributed by atoms with Crippen molar-refractivity contribution in [3.05, 3.63) is 54.1 Å². The van der Waals surface area contributed by atoms with Crippen LogP contribution >= 0.6 is 11.6 Å². The second kappa shape index (κ2) is 8.41. The zero-order valence-electron chi connectivity index (χ0n) is 12.7. The standard InChI is InChI=1S/C17H18ClNO4/c1-22-17(21)12-6-8-14(9-7-12)23-16-5-3-2-4-15(16)19-11-13(20)10-18/h2-9,13,19-20H,10-11H2,1H3. The average Bonchev–Trinajstić information content (AvgIpc) is 2.60. The molecule has 2 aromatic carbocycles. The third-order valence-corrected chi connectivity index (χ3v) is 3.45. The molecular formula is C17H18ClNO4. The number of rotatable bonds is 7. The van der Waals surface area contributed by atoms with Crippen LogP contribution in [-0.2, 0) is 4.74 Å². The van der Waals surface area contributed by atoms with Crippen LogP contribution in [0.2, 0.25) is 0 Å². The average molecular weight is 336 g/mol. The maximum absolute atomic E-state index is 11.4. The molecule has 0 aromatic heterocycles. The van der Waals surface area contributed by atoms with Crippen LogP contribution in [-0.4, -0.2) is 36.7 Å². The van der Waals surface area contributed by atoms with Crippen molar-refractivity contribution in [2.75, 3.05) is 24.9 Å². The van der Waals surface area contributed by atoms with Crippen molar-refractivity contribution in [3.8, 4) is 11.5 Å². The lowest BCUT2D eigenvalue weighted by Gasteiger charge is -2.14. The number of carbonyl (C=O) groups is 1. The summed E-state index contributed by atoms with van der Waals surface area (Å²) in [6.07, 6.45) is -0.635. The lowest BCUT2D eigenvalue weighted by molar-refractivity contribution is 0.0600. The molecule has 1 atom stereocenters. The first-order valence-corrected chi connectivity index (χ1v) is 7.60. The Balaban J connectivity index is 2.09. The number of benzene rings is 2. The molecule has 2 aromatic rings. The van der Waals surface area contributed by atoms with E-state index in [1.165, 1.54) is 7.11 Å². The second-order valence-corrected chi connectivity index (χ2v) is 5.11. The van der Waals surface area contributed by atoms with E-state index in [2.05, 4.69) is 10.1 Å². The Kier molecular flexibility index (Phi) is 6.26. The van der Waals surface area contributed by atoms with Gasteiger partial charge in [0.15, 0.2) is 5.75 Å². The van der Waals surface area contributed by atoms with E-state index in [1.54, 1.807) is 24.3 Å². The van der Waals surface area contributed by atoms with Crippen LogP contribution < -0.4 is 10.1 Å². The molecule has 2 N–H and O–H groups in total. The predicted octanol–water partition coefficient (Wildman–Crippen LogP) is 3.28. The number of anilines is 1. The Labute approximate surface area is 139 Å². The van der Waals surface area contributed by atoms with Crippen LogP contribution in [0.5, 0.6) is 11.5 Å². The van der Waals surface area contributed by atoms with E-state index < -0.39 is 12.1 Å². The Bertz CT molecular complexity index is 645. The summed E-state index contributed by atoms with van der Waals surface area (Å²) in [6, 6.07) is 14.0. The van der Waals surface area contributed by atoms with Crippen molar-refractivity contribution < 1.29 is 19.4 Å². The summed E-state index contributed by atoms with van der Waals surface area (Å²) in [5.41, 5.74) is 1.20. The number of ether oxygens (including phenoxy) is 2. The molecular weight excluding hydrogens is 318 g/mol. The molecule has 0 saturated heterocycles. The number of methoxy groups -OCH3 is 1. The number of nitrogens with one attached hydrogen (secondary N) is 1. The summed E-state index contributed by atoms with van der Waals surface area (Å²) in [5.74, 6) is 0.962. The molecule has 122 valence electrons. The SMILES string of the molecule is COC(=O)c1ccc(Oc2ccccc2NCC(O)CCl)cc1.